The molecule has 1 rings (SSSR count). The quantitative estimate of drug-likeness (QED) is 0.813. The van der Waals surface area contributed by atoms with Crippen LogP contribution >= 0.6 is 0 Å². The van der Waals surface area contributed by atoms with Gasteiger partial charge in [-0.25, -0.2) is 4.79 Å². The van der Waals surface area contributed by atoms with Crippen molar-refractivity contribution in [1.82, 2.24) is 5.32 Å². The van der Waals surface area contributed by atoms with Gasteiger partial charge in [-0.2, -0.15) is 0 Å². The SMILES string of the molecule is CC(C)CCNC(=O)Nc1ccc(C(C)C)cc1. The first kappa shape index (κ1) is 14.6. The Hall–Kier alpha value is -1.51. The van der Waals surface area contributed by atoms with Crippen molar-refractivity contribution in [1.29, 1.82) is 0 Å². The number of carbonyl (C=O) groups is 1. The molecule has 0 aliphatic rings. The monoisotopic (exact) mass is 248 g/mol. The van der Waals surface area contributed by atoms with Gasteiger partial charge in [0.15, 0.2) is 0 Å². The minimum atomic E-state index is -0.132. The average Bonchev–Trinajstić information content (AvgIpc) is 2.29. The van der Waals surface area contributed by atoms with Gasteiger partial charge >= 0.3 is 6.03 Å². The van der Waals surface area contributed by atoms with Crippen molar-refractivity contribution in [3.63, 3.8) is 0 Å². The van der Waals surface area contributed by atoms with E-state index < -0.39 is 0 Å². The zero-order chi connectivity index (χ0) is 13.5. The summed E-state index contributed by atoms with van der Waals surface area (Å²) >= 11 is 0. The average molecular weight is 248 g/mol. The van der Waals surface area contributed by atoms with E-state index in [-0.39, 0.29) is 6.03 Å². The van der Waals surface area contributed by atoms with Crippen molar-refractivity contribution in [2.75, 3.05) is 11.9 Å². The van der Waals surface area contributed by atoms with E-state index in [0.29, 0.717) is 18.4 Å². The Bertz CT molecular complexity index is 369. The Morgan fingerprint density at radius 3 is 2.22 bits per heavy atom. The molecule has 2 amide bonds. The summed E-state index contributed by atoms with van der Waals surface area (Å²) in [6.07, 6.45) is 1.000. The summed E-state index contributed by atoms with van der Waals surface area (Å²) in [5.74, 6) is 1.12. The molecule has 0 aliphatic heterocycles. The summed E-state index contributed by atoms with van der Waals surface area (Å²) in [5.41, 5.74) is 2.11. The highest BCUT2D eigenvalue weighted by molar-refractivity contribution is 5.89. The summed E-state index contributed by atoms with van der Waals surface area (Å²) in [7, 11) is 0. The van der Waals surface area contributed by atoms with E-state index in [1.165, 1.54) is 5.56 Å². The van der Waals surface area contributed by atoms with Crippen LogP contribution in [0.5, 0.6) is 0 Å². The number of rotatable bonds is 5. The van der Waals surface area contributed by atoms with E-state index in [1.54, 1.807) is 0 Å². The van der Waals surface area contributed by atoms with Crippen LogP contribution in [0.1, 0.15) is 45.6 Å². The van der Waals surface area contributed by atoms with Crippen molar-refractivity contribution in [2.24, 2.45) is 5.92 Å². The molecule has 0 saturated heterocycles. The van der Waals surface area contributed by atoms with E-state index in [2.05, 4.69) is 38.3 Å². The summed E-state index contributed by atoms with van der Waals surface area (Å²) in [5, 5.41) is 5.68. The Morgan fingerprint density at radius 1 is 1.11 bits per heavy atom. The van der Waals surface area contributed by atoms with Crippen LogP contribution in [0.15, 0.2) is 24.3 Å². The number of hydrogen-bond acceptors (Lipinski definition) is 1. The number of anilines is 1. The third kappa shape index (κ3) is 5.21. The number of benzene rings is 1. The van der Waals surface area contributed by atoms with Crippen molar-refractivity contribution in [2.45, 2.75) is 40.0 Å². The second-order valence-electron chi connectivity index (χ2n) is 5.34. The molecule has 0 radical (unpaired) electrons. The largest absolute Gasteiger partial charge is 0.338 e. The zero-order valence-corrected chi connectivity index (χ0v) is 11.8. The molecule has 0 bridgehead atoms. The van der Waals surface area contributed by atoms with E-state index in [0.717, 1.165) is 12.1 Å². The molecule has 0 unspecified atom stereocenters. The van der Waals surface area contributed by atoms with Crippen molar-refractivity contribution in [3.05, 3.63) is 29.8 Å². The van der Waals surface area contributed by atoms with Crippen molar-refractivity contribution < 1.29 is 4.79 Å². The molecule has 1 aromatic carbocycles. The molecule has 0 aliphatic carbocycles. The Kier molecular flexibility index (Phi) is 5.69. The lowest BCUT2D eigenvalue weighted by Crippen LogP contribution is -2.30. The van der Waals surface area contributed by atoms with Gasteiger partial charge in [-0.05, 0) is 36.0 Å². The van der Waals surface area contributed by atoms with E-state index in [1.807, 2.05) is 24.3 Å². The molecule has 100 valence electrons. The van der Waals surface area contributed by atoms with Crippen LogP contribution < -0.4 is 10.6 Å². The molecular formula is C15H24N2O. The maximum Gasteiger partial charge on any atom is 0.319 e. The van der Waals surface area contributed by atoms with Gasteiger partial charge in [0.05, 0.1) is 0 Å². The van der Waals surface area contributed by atoms with Gasteiger partial charge in [0.1, 0.15) is 0 Å². The van der Waals surface area contributed by atoms with Gasteiger partial charge < -0.3 is 10.6 Å². The number of hydrogen-bond donors (Lipinski definition) is 2. The molecule has 0 fully saturated rings. The second-order valence-corrected chi connectivity index (χ2v) is 5.34. The number of carbonyl (C=O) groups excluding carboxylic acids is 1. The summed E-state index contributed by atoms with van der Waals surface area (Å²) < 4.78 is 0. The van der Waals surface area contributed by atoms with Crippen LogP contribution in [0.4, 0.5) is 10.5 Å². The predicted molar refractivity (Wildman–Crippen MR) is 77.0 cm³/mol. The molecule has 0 spiro atoms. The Labute approximate surface area is 110 Å². The van der Waals surface area contributed by atoms with Gasteiger partial charge in [0.2, 0.25) is 0 Å². The van der Waals surface area contributed by atoms with Gasteiger partial charge in [0, 0.05) is 12.2 Å². The molecule has 0 heterocycles. The van der Waals surface area contributed by atoms with Crippen LogP contribution in [0.2, 0.25) is 0 Å². The summed E-state index contributed by atoms with van der Waals surface area (Å²) in [6.45, 7) is 9.31. The minimum Gasteiger partial charge on any atom is -0.338 e. The molecule has 0 aromatic heterocycles. The van der Waals surface area contributed by atoms with E-state index in [9.17, 15) is 4.79 Å². The molecule has 18 heavy (non-hydrogen) atoms. The molecule has 1 aromatic rings. The van der Waals surface area contributed by atoms with Crippen LogP contribution in [-0.4, -0.2) is 12.6 Å². The fraction of sp³-hybridized carbons (Fsp3) is 0.533. The lowest BCUT2D eigenvalue weighted by molar-refractivity contribution is 0.251. The maximum absolute atomic E-state index is 11.6. The first-order valence-corrected chi connectivity index (χ1v) is 6.64. The molecule has 2 N–H and O–H groups in total. The van der Waals surface area contributed by atoms with Gasteiger partial charge in [-0.15, -0.1) is 0 Å². The molecule has 3 heteroatoms. The highest BCUT2D eigenvalue weighted by Gasteiger charge is 2.03. The summed E-state index contributed by atoms with van der Waals surface area (Å²) in [6, 6.07) is 7.85. The van der Waals surface area contributed by atoms with Gasteiger partial charge in [-0.3, -0.25) is 0 Å². The predicted octanol–water partition coefficient (Wildman–Crippen LogP) is 3.98. The molecule has 0 atom stereocenters. The third-order valence-electron chi connectivity index (χ3n) is 2.84. The number of nitrogens with one attached hydrogen (secondary N) is 2. The van der Waals surface area contributed by atoms with E-state index >= 15 is 0 Å². The lowest BCUT2D eigenvalue weighted by atomic mass is 10.0. The van der Waals surface area contributed by atoms with Crippen LogP contribution in [0.3, 0.4) is 0 Å². The van der Waals surface area contributed by atoms with Gasteiger partial charge in [0.25, 0.3) is 0 Å². The molecule has 3 nitrogen and oxygen atoms in total. The molecule has 0 saturated carbocycles. The fourth-order valence-corrected chi connectivity index (χ4v) is 1.60. The first-order chi connectivity index (χ1) is 8.49. The number of amides is 2. The Morgan fingerprint density at radius 2 is 1.72 bits per heavy atom. The minimum absolute atomic E-state index is 0.132. The zero-order valence-electron chi connectivity index (χ0n) is 11.8. The molecular weight excluding hydrogens is 224 g/mol. The topological polar surface area (TPSA) is 41.1 Å². The van der Waals surface area contributed by atoms with Crippen LogP contribution in [0, 0.1) is 5.92 Å². The smallest absolute Gasteiger partial charge is 0.319 e. The number of urea groups is 1. The highest BCUT2D eigenvalue weighted by atomic mass is 16.2. The maximum atomic E-state index is 11.6. The highest BCUT2D eigenvalue weighted by Crippen LogP contribution is 2.16. The normalized spacial score (nSPS) is 10.8. The van der Waals surface area contributed by atoms with Crippen molar-refractivity contribution >= 4 is 11.7 Å². The standard InChI is InChI=1S/C15H24N2O/c1-11(2)9-10-16-15(18)17-14-7-5-13(6-8-14)12(3)4/h5-8,11-12H,9-10H2,1-4H3,(H2,16,17,18). The van der Waals surface area contributed by atoms with Crippen LogP contribution in [-0.2, 0) is 0 Å². The van der Waals surface area contributed by atoms with Gasteiger partial charge in [-0.1, -0.05) is 39.8 Å². The third-order valence-corrected chi connectivity index (χ3v) is 2.84. The second kappa shape index (κ2) is 7.04. The van der Waals surface area contributed by atoms with Crippen molar-refractivity contribution in [3.8, 4) is 0 Å². The first-order valence-electron chi connectivity index (χ1n) is 6.64. The Balaban J connectivity index is 2.40. The van der Waals surface area contributed by atoms with E-state index in [4.69, 9.17) is 0 Å². The summed E-state index contributed by atoms with van der Waals surface area (Å²) in [4.78, 5) is 11.6. The fourth-order valence-electron chi connectivity index (χ4n) is 1.60. The van der Waals surface area contributed by atoms with Crippen LogP contribution in [0.25, 0.3) is 0 Å². The lowest BCUT2D eigenvalue weighted by Gasteiger charge is -2.10.